The molecule has 2 aromatic rings. The molecule has 1 N–H and O–H groups in total. The van der Waals surface area contributed by atoms with Crippen LogP contribution in [0.15, 0.2) is 42.7 Å². The van der Waals surface area contributed by atoms with Gasteiger partial charge in [-0.2, -0.15) is 5.10 Å². The Balaban J connectivity index is 1.51. The number of hydrogen-bond acceptors (Lipinski definition) is 3. The number of rotatable bonds is 6. The molecule has 1 aliphatic rings. The molecular formula is C18H21ClN4O2. The van der Waals surface area contributed by atoms with Crippen molar-refractivity contribution in [3.63, 3.8) is 0 Å². The molecule has 132 valence electrons. The van der Waals surface area contributed by atoms with Gasteiger partial charge in [-0.05, 0) is 18.9 Å². The molecule has 0 spiro atoms. The van der Waals surface area contributed by atoms with Crippen molar-refractivity contribution in [2.75, 3.05) is 13.1 Å². The van der Waals surface area contributed by atoms with Crippen molar-refractivity contribution < 1.29 is 9.59 Å². The summed E-state index contributed by atoms with van der Waals surface area (Å²) < 4.78 is 1.52. The van der Waals surface area contributed by atoms with Crippen molar-refractivity contribution in [3.05, 3.63) is 53.3 Å². The largest absolute Gasteiger partial charge is 0.349 e. The number of carbonyl (C=O) groups is 2. The average molecular weight is 361 g/mol. The van der Waals surface area contributed by atoms with Crippen LogP contribution in [0.25, 0.3) is 0 Å². The van der Waals surface area contributed by atoms with Crippen LogP contribution < -0.4 is 5.32 Å². The fraction of sp³-hybridized carbons (Fsp3) is 0.389. The van der Waals surface area contributed by atoms with Gasteiger partial charge in [0.25, 0.3) is 0 Å². The summed E-state index contributed by atoms with van der Waals surface area (Å²) in [5, 5.41) is 7.48. The molecule has 1 aliphatic heterocycles. The first-order valence-electron chi connectivity index (χ1n) is 8.34. The Morgan fingerprint density at radius 3 is 2.84 bits per heavy atom. The van der Waals surface area contributed by atoms with Gasteiger partial charge < -0.3 is 10.2 Å². The first kappa shape index (κ1) is 17.5. The lowest BCUT2D eigenvalue weighted by Crippen LogP contribution is -2.40. The highest BCUT2D eigenvalue weighted by Gasteiger charge is 2.31. The fourth-order valence-corrected chi connectivity index (χ4v) is 3.11. The highest BCUT2D eigenvalue weighted by Crippen LogP contribution is 2.15. The number of nitrogens with one attached hydrogen (secondary N) is 1. The molecule has 0 saturated carbocycles. The third-order valence-corrected chi connectivity index (χ3v) is 4.62. The van der Waals surface area contributed by atoms with Crippen LogP contribution in [-0.2, 0) is 16.0 Å². The molecular weight excluding hydrogens is 340 g/mol. The van der Waals surface area contributed by atoms with Gasteiger partial charge in [-0.1, -0.05) is 41.9 Å². The number of halogens is 1. The number of hydrogen-bond donors (Lipinski definition) is 1. The third-order valence-electron chi connectivity index (χ3n) is 4.42. The second-order valence-electron chi connectivity index (χ2n) is 6.30. The molecule has 1 aromatic heterocycles. The van der Waals surface area contributed by atoms with Crippen LogP contribution in [0.4, 0.5) is 0 Å². The van der Waals surface area contributed by atoms with E-state index in [0.29, 0.717) is 24.5 Å². The zero-order valence-electron chi connectivity index (χ0n) is 14.1. The number of nitrogens with zero attached hydrogens (tertiary/aromatic N) is 3. The summed E-state index contributed by atoms with van der Waals surface area (Å²) in [6.07, 6.45) is 4.26. The summed E-state index contributed by atoms with van der Waals surface area (Å²) in [5.74, 6) is -0.0847. The highest BCUT2D eigenvalue weighted by molar-refractivity contribution is 6.30. The Kier molecular flexibility index (Phi) is 5.38. The number of carbonyl (C=O) groups excluding carboxylic acids is 2. The summed E-state index contributed by atoms with van der Waals surface area (Å²) in [4.78, 5) is 26.3. The van der Waals surface area contributed by atoms with E-state index < -0.39 is 6.04 Å². The molecule has 2 amide bonds. The smallest absolute Gasteiger partial charge is 0.244 e. The third kappa shape index (κ3) is 4.39. The second-order valence-corrected chi connectivity index (χ2v) is 6.74. The Bertz CT molecular complexity index is 747. The SMILES string of the molecule is C[C@@H](C(=O)N[C@H]1CC(=O)N(CCc2ccccc2)C1)n1cc(Cl)cn1. The molecule has 7 heteroatoms. The molecule has 25 heavy (non-hydrogen) atoms. The Hall–Kier alpha value is -2.34. The summed E-state index contributed by atoms with van der Waals surface area (Å²) in [6, 6.07) is 9.43. The minimum Gasteiger partial charge on any atom is -0.349 e. The fourth-order valence-electron chi connectivity index (χ4n) is 2.96. The number of amides is 2. The monoisotopic (exact) mass is 360 g/mol. The van der Waals surface area contributed by atoms with E-state index in [1.807, 2.05) is 23.1 Å². The lowest BCUT2D eigenvalue weighted by molar-refractivity contribution is -0.127. The van der Waals surface area contributed by atoms with E-state index in [0.717, 1.165) is 6.42 Å². The maximum Gasteiger partial charge on any atom is 0.244 e. The van der Waals surface area contributed by atoms with Crippen LogP contribution in [0.1, 0.15) is 24.9 Å². The first-order valence-corrected chi connectivity index (χ1v) is 8.72. The molecule has 0 radical (unpaired) electrons. The van der Waals surface area contributed by atoms with E-state index in [1.165, 1.54) is 16.4 Å². The van der Waals surface area contributed by atoms with Crippen molar-refractivity contribution >= 4 is 23.4 Å². The van der Waals surface area contributed by atoms with Gasteiger partial charge in [0.2, 0.25) is 11.8 Å². The summed E-state index contributed by atoms with van der Waals surface area (Å²) >= 11 is 5.84. The van der Waals surface area contributed by atoms with Crippen molar-refractivity contribution in [2.45, 2.75) is 31.8 Å². The molecule has 1 fully saturated rings. The van der Waals surface area contributed by atoms with E-state index in [4.69, 9.17) is 11.6 Å². The van der Waals surface area contributed by atoms with Crippen LogP contribution in [-0.4, -0.2) is 45.6 Å². The van der Waals surface area contributed by atoms with Crippen molar-refractivity contribution in [1.29, 1.82) is 0 Å². The zero-order valence-corrected chi connectivity index (χ0v) is 14.8. The van der Waals surface area contributed by atoms with Crippen LogP contribution in [0.5, 0.6) is 0 Å². The first-order chi connectivity index (χ1) is 12.0. The van der Waals surface area contributed by atoms with Gasteiger partial charge in [-0.15, -0.1) is 0 Å². The maximum absolute atomic E-state index is 12.4. The number of benzene rings is 1. The van der Waals surface area contributed by atoms with Gasteiger partial charge in [-0.25, -0.2) is 0 Å². The molecule has 0 aliphatic carbocycles. The van der Waals surface area contributed by atoms with Crippen LogP contribution in [0.2, 0.25) is 5.02 Å². The predicted octanol–water partition coefficient (Wildman–Crippen LogP) is 2.06. The van der Waals surface area contributed by atoms with Crippen molar-refractivity contribution in [3.8, 4) is 0 Å². The number of aromatic nitrogens is 2. The minimum absolute atomic E-state index is 0.0796. The van der Waals surface area contributed by atoms with Gasteiger partial charge in [-0.3, -0.25) is 14.3 Å². The summed E-state index contributed by atoms with van der Waals surface area (Å²) in [6.45, 7) is 2.96. The molecule has 3 rings (SSSR count). The molecule has 2 heterocycles. The van der Waals surface area contributed by atoms with Gasteiger partial charge in [0.1, 0.15) is 6.04 Å². The molecule has 1 saturated heterocycles. The average Bonchev–Trinajstić information content (AvgIpc) is 3.19. The second kappa shape index (κ2) is 7.70. The van der Waals surface area contributed by atoms with E-state index in [1.54, 1.807) is 13.1 Å². The van der Waals surface area contributed by atoms with Crippen LogP contribution >= 0.6 is 11.6 Å². The van der Waals surface area contributed by atoms with Crippen LogP contribution in [0, 0.1) is 0 Å². The van der Waals surface area contributed by atoms with Gasteiger partial charge >= 0.3 is 0 Å². The topological polar surface area (TPSA) is 67.2 Å². The minimum atomic E-state index is -0.471. The quantitative estimate of drug-likeness (QED) is 0.857. The van der Waals surface area contributed by atoms with E-state index in [9.17, 15) is 9.59 Å². The van der Waals surface area contributed by atoms with E-state index in [-0.39, 0.29) is 17.9 Å². The standard InChI is InChI=1S/C18H21ClN4O2/c1-13(23-11-15(19)10-20-23)18(25)21-16-9-17(24)22(12-16)8-7-14-5-3-2-4-6-14/h2-6,10-11,13,16H,7-9,12H2,1H3,(H,21,25)/t13-,16-/m0/s1. The molecule has 0 unspecified atom stereocenters. The summed E-state index contributed by atoms with van der Waals surface area (Å²) in [7, 11) is 0. The predicted molar refractivity (Wildman–Crippen MR) is 95.2 cm³/mol. The normalized spacial score (nSPS) is 18.4. The molecule has 0 bridgehead atoms. The van der Waals surface area contributed by atoms with Crippen LogP contribution in [0.3, 0.4) is 0 Å². The Morgan fingerprint density at radius 1 is 1.40 bits per heavy atom. The van der Waals surface area contributed by atoms with Crippen molar-refractivity contribution in [1.82, 2.24) is 20.0 Å². The van der Waals surface area contributed by atoms with E-state index >= 15 is 0 Å². The Morgan fingerprint density at radius 2 is 2.16 bits per heavy atom. The van der Waals surface area contributed by atoms with Gasteiger partial charge in [0.15, 0.2) is 0 Å². The molecule has 2 atom stereocenters. The number of likely N-dealkylation sites (tertiary alicyclic amines) is 1. The van der Waals surface area contributed by atoms with Crippen molar-refractivity contribution in [2.24, 2.45) is 0 Å². The lowest BCUT2D eigenvalue weighted by atomic mass is 10.1. The van der Waals surface area contributed by atoms with E-state index in [2.05, 4.69) is 22.5 Å². The molecule has 1 aromatic carbocycles. The lowest BCUT2D eigenvalue weighted by Gasteiger charge is -2.19. The molecule has 6 nitrogen and oxygen atoms in total. The van der Waals surface area contributed by atoms with Gasteiger partial charge in [0, 0.05) is 25.7 Å². The zero-order chi connectivity index (χ0) is 17.8. The summed E-state index contributed by atoms with van der Waals surface area (Å²) in [5.41, 5.74) is 1.20. The maximum atomic E-state index is 12.4. The Labute approximate surface area is 151 Å². The highest BCUT2D eigenvalue weighted by atomic mass is 35.5. The van der Waals surface area contributed by atoms with Gasteiger partial charge in [0.05, 0.1) is 17.3 Å².